The fourth-order valence-electron chi connectivity index (χ4n) is 1.12. The Hall–Kier alpha value is -0.650. The molecule has 0 aromatic rings. The molecule has 1 aliphatic heterocycles. The van der Waals surface area contributed by atoms with Crippen LogP contribution in [0.25, 0.3) is 0 Å². The van der Waals surface area contributed by atoms with Crippen molar-refractivity contribution in [1.82, 2.24) is 5.32 Å². The van der Waals surface area contributed by atoms with Crippen LogP contribution in [0.4, 0.5) is 0 Å². The molecule has 1 rings (SSSR count). The summed E-state index contributed by atoms with van der Waals surface area (Å²) in [5, 5.41) is 3.03. The Labute approximate surface area is 71.2 Å². The fraction of sp³-hybridized carbons (Fsp3) is 0.857. The van der Waals surface area contributed by atoms with Gasteiger partial charge in [0.25, 0.3) is 0 Å². The Balaban J connectivity index is 2.40. The predicted octanol–water partition coefficient (Wildman–Crippen LogP) is -1.52. The summed E-state index contributed by atoms with van der Waals surface area (Å²) in [5.74, 6) is -0.298. The van der Waals surface area contributed by atoms with Crippen LogP contribution in [0.5, 0.6) is 0 Å². The van der Waals surface area contributed by atoms with E-state index in [1.807, 2.05) is 0 Å². The van der Waals surface area contributed by atoms with E-state index in [4.69, 9.17) is 10.5 Å². The highest BCUT2D eigenvalue weighted by atomic mass is 16.5. The van der Waals surface area contributed by atoms with Crippen molar-refractivity contribution in [2.45, 2.75) is 12.1 Å². The van der Waals surface area contributed by atoms with E-state index < -0.39 is 0 Å². The van der Waals surface area contributed by atoms with Crippen LogP contribution in [-0.4, -0.2) is 44.9 Å². The SMILES string of the molecule is COC(=O)[C@@H]1COC[C@H](CN)N1. The molecule has 2 atom stereocenters. The molecule has 1 saturated heterocycles. The van der Waals surface area contributed by atoms with Crippen LogP contribution in [-0.2, 0) is 14.3 Å². The first-order valence-corrected chi connectivity index (χ1v) is 3.89. The quantitative estimate of drug-likeness (QED) is 0.497. The van der Waals surface area contributed by atoms with Gasteiger partial charge < -0.3 is 15.2 Å². The summed E-state index contributed by atoms with van der Waals surface area (Å²) >= 11 is 0. The topological polar surface area (TPSA) is 73.6 Å². The first-order chi connectivity index (χ1) is 5.77. The lowest BCUT2D eigenvalue weighted by Crippen LogP contribution is -2.55. The second-order valence-corrected chi connectivity index (χ2v) is 2.71. The van der Waals surface area contributed by atoms with E-state index in [0.29, 0.717) is 19.8 Å². The maximum atomic E-state index is 11.0. The zero-order valence-corrected chi connectivity index (χ0v) is 7.08. The Morgan fingerprint density at radius 1 is 1.75 bits per heavy atom. The summed E-state index contributed by atoms with van der Waals surface area (Å²) in [7, 11) is 1.36. The van der Waals surface area contributed by atoms with Gasteiger partial charge in [0, 0.05) is 12.6 Å². The molecule has 0 radical (unpaired) electrons. The number of esters is 1. The number of hydrogen-bond acceptors (Lipinski definition) is 5. The van der Waals surface area contributed by atoms with Gasteiger partial charge in [-0.2, -0.15) is 0 Å². The predicted molar refractivity (Wildman–Crippen MR) is 42.6 cm³/mol. The van der Waals surface area contributed by atoms with Crippen LogP contribution in [0.2, 0.25) is 0 Å². The van der Waals surface area contributed by atoms with Gasteiger partial charge in [-0.15, -0.1) is 0 Å². The zero-order chi connectivity index (χ0) is 8.97. The number of rotatable bonds is 2. The van der Waals surface area contributed by atoms with E-state index in [2.05, 4.69) is 10.1 Å². The van der Waals surface area contributed by atoms with Gasteiger partial charge in [-0.1, -0.05) is 0 Å². The molecule has 0 aromatic heterocycles. The maximum Gasteiger partial charge on any atom is 0.325 e. The standard InChI is InChI=1S/C7H14N2O3/c1-11-7(10)6-4-12-3-5(2-8)9-6/h5-6,9H,2-4,8H2,1H3/t5-,6-/m0/s1. The minimum Gasteiger partial charge on any atom is -0.468 e. The van der Waals surface area contributed by atoms with Crippen molar-refractivity contribution in [3.8, 4) is 0 Å². The van der Waals surface area contributed by atoms with E-state index in [-0.39, 0.29) is 18.1 Å². The van der Waals surface area contributed by atoms with Gasteiger partial charge in [0.2, 0.25) is 0 Å². The number of nitrogens with one attached hydrogen (secondary N) is 1. The molecule has 0 spiro atoms. The third-order valence-electron chi connectivity index (χ3n) is 1.81. The van der Waals surface area contributed by atoms with Crippen LogP contribution in [0.15, 0.2) is 0 Å². The summed E-state index contributed by atoms with van der Waals surface area (Å²) in [6, 6.07) is -0.305. The van der Waals surface area contributed by atoms with Crippen LogP contribution < -0.4 is 11.1 Å². The molecule has 1 aliphatic rings. The largest absolute Gasteiger partial charge is 0.468 e. The number of methoxy groups -OCH3 is 1. The van der Waals surface area contributed by atoms with Gasteiger partial charge in [-0.3, -0.25) is 10.1 Å². The van der Waals surface area contributed by atoms with Gasteiger partial charge in [0.05, 0.1) is 20.3 Å². The fourth-order valence-corrected chi connectivity index (χ4v) is 1.12. The second-order valence-electron chi connectivity index (χ2n) is 2.71. The van der Waals surface area contributed by atoms with E-state index in [9.17, 15) is 4.79 Å². The normalized spacial score (nSPS) is 29.8. The Bertz CT molecular complexity index is 163. The molecule has 70 valence electrons. The van der Waals surface area contributed by atoms with E-state index in [0.717, 1.165) is 0 Å². The lowest BCUT2D eigenvalue weighted by molar-refractivity contribution is -0.147. The number of morpholine rings is 1. The Morgan fingerprint density at radius 3 is 3.08 bits per heavy atom. The zero-order valence-electron chi connectivity index (χ0n) is 7.08. The van der Waals surface area contributed by atoms with Gasteiger partial charge >= 0.3 is 5.97 Å². The van der Waals surface area contributed by atoms with Crippen molar-refractivity contribution in [2.24, 2.45) is 5.73 Å². The Kier molecular flexibility index (Phi) is 3.46. The van der Waals surface area contributed by atoms with Crippen molar-refractivity contribution < 1.29 is 14.3 Å². The van der Waals surface area contributed by atoms with Crippen LogP contribution in [0, 0.1) is 0 Å². The summed E-state index contributed by atoms with van der Waals surface area (Å²) in [6.45, 7) is 1.39. The number of carbonyl (C=O) groups excluding carboxylic acids is 1. The van der Waals surface area contributed by atoms with Crippen molar-refractivity contribution >= 4 is 5.97 Å². The molecule has 0 aliphatic carbocycles. The molecule has 1 fully saturated rings. The summed E-state index contributed by atoms with van der Waals surface area (Å²) in [4.78, 5) is 11.0. The molecule has 0 aromatic carbocycles. The molecule has 3 N–H and O–H groups in total. The number of nitrogens with two attached hydrogens (primary N) is 1. The number of ether oxygens (including phenoxy) is 2. The van der Waals surface area contributed by atoms with Gasteiger partial charge in [-0.25, -0.2) is 0 Å². The van der Waals surface area contributed by atoms with Crippen LogP contribution >= 0.6 is 0 Å². The minimum absolute atomic E-state index is 0.0582. The third-order valence-corrected chi connectivity index (χ3v) is 1.81. The van der Waals surface area contributed by atoms with E-state index >= 15 is 0 Å². The molecular weight excluding hydrogens is 160 g/mol. The third kappa shape index (κ3) is 2.17. The van der Waals surface area contributed by atoms with Crippen molar-refractivity contribution in [3.05, 3.63) is 0 Å². The van der Waals surface area contributed by atoms with Crippen LogP contribution in [0.1, 0.15) is 0 Å². The van der Waals surface area contributed by atoms with Gasteiger partial charge in [-0.05, 0) is 0 Å². The monoisotopic (exact) mass is 174 g/mol. The second kappa shape index (κ2) is 4.39. The minimum atomic E-state index is -0.364. The highest BCUT2D eigenvalue weighted by molar-refractivity contribution is 5.75. The van der Waals surface area contributed by atoms with Crippen molar-refractivity contribution in [3.63, 3.8) is 0 Å². The Morgan fingerprint density at radius 2 is 2.50 bits per heavy atom. The molecule has 12 heavy (non-hydrogen) atoms. The first kappa shape index (κ1) is 9.44. The summed E-state index contributed by atoms with van der Waals surface area (Å²) in [6.07, 6.45) is 0. The molecule has 5 nitrogen and oxygen atoms in total. The van der Waals surface area contributed by atoms with Crippen LogP contribution in [0.3, 0.4) is 0 Å². The van der Waals surface area contributed by atoms with Crippen molar-refractivity contribution in [2.75, 3.05) is 26.9 Å². The molecule has 0 saturated carbocycles. The van der Waals surface area contributed by atoms with Gasteiger partial charge in [0.15, 0.2) is 0 Å². The van der Waals surface area contributed by atoms with Gasteiger partial charge in [0.1, 0.15) is 6.04 Å². The number of hydrogen-bond donors (Lipinski definition) is 2. The lowest BCUT2D eigenvalue weighted by atomic mass is 10.2. The average Bonchev–Trinajstić information content (AvgIpc) is 2.17. The molecule has 0 amide bonds. The number of carbonyl (C=O) groups is 1. The van der Waals surface area contributed by atoms with E-state index in [1.165, 1.54) is 7.11 Å². The smallest absolute Gasteiger partial charge is 0.325 e. The highest BCUT2D eigenvalue weighted by Gasteiger charge is 2.26. The molecule has 0 unspecified atom stereocenters. The van der Waals surface area contributed by atoms with E-state index in [1.54, 1.807) is 0 Å². The lowest BCUT2D eigenvalue weighted by Gasteiger charge is -2.28. The summed E-state index contributed by atoms with van der Waals surface area (Å²) in [5.41, 5.74) is 5.41. The van der Waals surface area contributed by atoms with Crippen molar-refractivity contribution in [1.29, 1.82) is 0 Å². The molecule has 1 heterocycles. The average molecular weight is 174 g/mol. The molecule has 5 heteroatoms. The molecule has 0 bridgehead atoms. The maximum absolute atomic E-state index is 11.0. The molecular formula is C7H14N2O3. The first-order valence-electron chi connectivity index (χ1n) is 3.89. The summed E-state index contributed by atoms with van der Waals surface area (Å²) < 4.78 is 9.73. The highest BCUT2D eigenvalue weighted by Crippen LogP contribution is 1.99.